The summed E-state index contributed by atoms with van der Waals surface area (Å²) in [4.78, 5) is 0. The van der Waals surface area contributed by atoms with Crippen LogP contribution in [0.5, 0.6) is 0 Å². The van der Waals surface area contributed by atoms with Gasteiger partial charge < -0.3 is 10.6 Å². The van der Waals surface area contributed by atoms with Crippen molar-refractivity contribution in [1.29, 1.82) is 0 Å². The van der Waals surface area contributed by atoms with Gasteiger partial charge in [0.05, 0.1) is 0 Å². The highest BCUT2D eigenvalue weighted by molar-refractivity contribution is 7.80. The molecular weight excluding hydrogens is 194 g/mol. The topological polar surface area (TPSA) is 24.1 Å². The lowest BCUT2D eigenvalue weighted by atomic mass is 10.3. The van der Waals surface area contributed by atoms with E-state index in [-0.39, 0.29) is 6.04 Å². The third-order valence-corrected chi connectivity index (χ3v) is 2.21. The number of hydrogen-bond donors (Lipinski definition) is 2. The molecule has 1 rings (SSSR count). The van der Waals surface area contributed by atoms with Crippen molar-refractivity contribution in [2.24, 2.45) is 0 Å². The standard InChI is InChI=1S/C8H14F2N2S/c1-5(2)11-7(13)12-8(3-4-8)6(9)10/h5-6H,3-4H2,1-2H3,(H2,11,12,13). The average Bonchev–Trinajstić information content (AvgIpc) is 2.66. The number of rotatable bonds is 3. The zero-order valence-electron chi connectivity index (χ0n) is 7.73. The quantitative estimate of drug-likeness (QED) is 0.690. The Morgan fingerprint density at radius 3 is 2.23 bits per heavy atom. The molecule has 2 nitrogen and oxygen atoms in total. The van der Waals surface area contributed by atoms with Gasteiger partial charge in [0.15, 0.2) is 5.11 Å². The van der Waals surface area contributed by atoms with Gasteiger partial charge in [0.25, 0.3) is 6.43 Å². The largest absolute Gasteiger partial charge is 0.361 e. The molecule has 1 fully saturated rings. The number of hydrogen-bond acceptors (Lipinski definition) is 1. The van der Waals surface area contributed by atoms with Crippen LogP contribution in [-0.4, -0.2) is 23.1 Å². The van der Waals surface area contributed by atoms with Gasteiger partial charge >= 0.3 is 0 Å². The number of thiocarbonyl (C=S) groups is 1. The molecule has 0 aromatic carbocycles. The minimum absolute atomic E-state index is 0.175. The van der Waals surface area contributed by atoms with Gasteiger partial charge in [0.1, 0.15) is 5.54 Å². The minimum Gasteiger partial charge on any atom is -0.361 e. The molecular formula is C8H14F2N2S. The summed E-state index contributed by atoms with van der Waals surface area (Å²) in [6.07, 6.45) is -1.32. The van der Waals surface area contributed by atoms with Crippen LogP contribution in [0, 0.1) is 0 Å². The zero-order valence-corrected chi connectivity index (χ0v) is 8.55. The summed E-state index contributed by atoms with van der Waals surface area (Å²) in [6, 6.07) is 0.175. The fourth-order valence-corrected chi connectivity index (χ4v) is 1.50. The van der Waals surface area contributed by atoms with Gasteiger partial charge in [-0.15, -0.1) is 0 Å². The molecule has 0 aromatic heterocycles. The second kappa shape index (κ2) is 3.74. The van der Waals surface area contributed by atoms with Crippen LogP contribution in [0.4, 0.5) is 8.78 Å². The maximum Gasteiger partial charge on any atom is 0.261 e. The van der Waals surface area contributed by atoms with E-state index in [0.717, 1.165) is 0 Å². The lowest BCUT2D eigenvalue weighted by Gasteiger charge is -2.20. The molecule has 0 unspecified atom stereocenters. The summed E-state index contributed by atoms with van der Waals surface area (Å²) in [5.41, 5.74) is -1.03. The number of alkyl halides is 2. The fourth-order valence-electron chi connectivity index (χ4n) is 1.06. The fraction of sp³-hybridized carbons (Fsp3) is 0.875. The first-order valence-electron chi connectivity index (χ1n) is 4.33. The first-order chi connectivity index (χ1) is 5.96. The first kappa shape index (κ1) is 10.6. The van der Waals surface area contributed by atoms with Crippen LogP contribution in [0.1, 0.15) is 26.7 Å². The van der Waals surface area contributed by atoms with Gasteiger partial charge in [-0.1, -0.05) is 0 Å². The summed E-state index contributed by atoms with van der Waals surface area (Å²) in [6.45, 7) is 3.83. The van der Waals surface area contributed by atoms with E-state index in [1.165, 1.54) is 0 Å². The third-order valence-electron chi connectivity index (χ3n) is 1.99. The van der Waals surface area contributed by atoms with Gasteiger partial charge in [-0.2, -0.15) is 0 Å². The molecule has 76 valence electrons. The first-order valence-corrected chi connectivity index (χ1v) is 4.74. The molecule has 0 atom stereocenters. The summed E-state index contributed by atoms with van der Waals surface area (Å²) in [7, 11) is 0. The molecule has 2 N–H and O–H groups in total. The Hall–Kier alpha value is -0.450. The van der Waals surface area contributed by atoms with Gasteiger partial charge in [-0.25, -0.2) is 8.78 Å². The third kappa shape index (κ3) is 2.76. The van der Waals surface area contributed by atoms with Crippen molar-refractivity contribution in [2.45, 2.75) is 44.7 Å². The molecule has 0 bridgehead atoms. The van der Waals surface area contributed by atoms with Crippen molar-refractivity contribution >= 4 is 17.3 Å². The highest BCUT2D eigenvalue weighted by atomic mass is 32.1. The van der Waals surface area contributed by atoms with Crippen molar-refractivity contribution in [3.63, 3.8) is 0 Å². The van der Waals surface area contributed by atoms with E-state index in [2.05, 4.69) is 10.6 Å². The predicted octanol–water partition coefficient (Wildman–Crippen LogP) is 1.66. The number of halogens is 2. The van der Waals surface area contributed by atoms with Crippen molar-refractivity contribution in [1.82, 2.24) is 10.6 Å². The Balaban J connectivity index is 2.36. The molecule has 1 aliphatic rings. The molecule has 0 radical (unpaired) electrons. The van der Waals surface area contributed by atoms with E-state index in [9.17, 15) is 8.78 Å². The summed E-state index contributed by atoms with van der Waals surface area (Å²) < 4.78 is 24.8. The van der Waals surface area contributed by atoms with Gasteiger partial charge in [-0.05, 0) is 38.9 Å². The van der Waals surface area contributed by atoms with Crippen LogP contribution >= 0.6 is 12.2 Å². The van der Waals surface area contributed by atoms with Crippen LogP contribution in [-0.2, 0) is 0 Å². The SMILES string of the molecule is CC(C)NC(=S)NC1(C(F)F)CC1. The van der Waals surface area contributed by atoms with Crippen LogP contribution < -0.4 is 10.6 Å². The summed E-state index contributed by atoms with van der Waals surface area (Å²) >= 11 is 4.88. The van der Waals surface area contributed by atoms with E-state index in [1.54, 1.807) is 0 Å². The van der Waals surface area contributed by atoms with Gasteiger partial charge in [-0.3, -0.25) is 0 Å². The minimum atomic E-state index is -2.33. The van der Waals surface area contributed by atoms with Crippen LogP contribution in [0.25, 0.3) is 0 Å². The second-order valence-electron chi connectivity index (χ2n) is 3.71. The van der Waals surface area contributed by atoms with Crippen molar-refractivity contribution in [3.05, 3.63) is 0 Å². The maximum atomic E-state index is 12.4. The molecule has 0 heterocycles. The average molecular weight is 208 g/mol. The van der Waals surface area contributed by atoms with Crippen molar-refractivity contribution < 1.29 is 8.78 Å². The molecule has 1 aliphatic carbocycles. The van der Waals surface area contributed by atoms with E-state index in [0.29, 0.717) is 18.0 Å². The Labute approximate surface area is 82.1 Å². The Morgan fingerprint density at radius 2 is 1.92 bits per heavy atom. The highest BCUT2D eigenvalue weighted by Crippen LogP contribution is 2.40. The normalized spacial score (nSPS) is 18.9. The molecule has 1 saturated carbocycles. The van der Waals surface area contributed by atoms with Gasteiger partial charge in [0, 0.05) is 6.04 Å². The predicted molar refractivity (Wildman–Crippen MR) is 52.0 cm³/mol. The summed E-state index contributed by atoms with van der Waals surface area (Å²) in [5, 5.41) is 5.88. The monoisotopic (exact) mass is 208 g/mol. The highest BCUT2D eigenvalue weighted by Gasteiger charge is 2.51. The van der Waals surface area contributed by atoms with E-state index < -0.39 is 12.0 Å². The van der Waals surface area contributed by atoms with Crippen molar-refractivity contribution in [2.75, 3.05) is 0 Å². The Kier molecular flexibility index (Phi) is 3.05. The van der Waals surface area contributed by atoms with Crippen LogP contribution in [0.15, 0.2) is 0 Å². The lowest BCUT2D eigenvalue weighted by Crippen LogP contribution is -2.48. The van der Waals surface area contributed by atoms with E-state index in [1.807, 2.05) is 13.8 Å². The second-order valence-corrected chi connectivity index (χ2v) is 4.12. The molecule has 5 heteroatoms. The Morgan fingerprint density at radius 1 is 1.38 bits per heavy atom. The molecule has 13 heavy (non-hydrogen) atoms. The maximum absolute atomic E-state index is 12.4. The smallest absolute Gasteiger partial charge is 0.261 e. The lowest BCUT2D eigenvalue weighted by molar-refractivity contribution is 0.0953. The van der Waals surface area contributed by atoms with E-state index >= 15 is 0 Å². The summed E-state index contributed by atoms with van der Waals surface area (Å²) in [5.74, 6) is 0. The van der Waals surface area contributed by atoms with Crippen molar-refractivity contribution in [3.8, 4) is 0 Å². The van der Waals surface area contributed by atoms with Crippen LogP contribution in [0.3, 0.4) is 0 Å². The molecule has 0 spiro atoms. The molecule has 0 aliphatic heterocycles. The van der Waals surface area contributed by atoms with Gasteiger partial charge in [0.2, 0.25) is 0 Å². The zero-order chi connectivity index (χ0) is 10.1. The number of nitrogens with one attached hydrogen (secondary N) is 2. The Bertz CT molecular complexity index is 202. The molecule has 0 saturated heterocycles. The van der Waals surface area contributed by atoms with Crippen LogP contribution in [0.2, 0.25) is 0 Å². The molecule has 0 aromatic rings. The molecule has 0 amide bonds. The van der Waals surface area contributed by atoms with E-state index in [4.69, 9.17) is 12.2 Å².